The van der Waals surface area contributed by atoms with Gasteiger partial charge in [0.2, 0.25) is 5.13 Å². The van der Waals surface area contributed by atoms with Gasteiger partial charge >= 0.3 is 0 Å². The average molecular weight is 295 g/mol. The minimum Gasteiger partial charge on any atom is -0.494 e. The van der Waals surface area contributed by atoms with E-state index in [1.807, 2.05) is 0 Å². The average Bonchev–Trinajstić information content (AvgIpc) is 2.73. The first-order valence-corrected chi connectivity index (χ1v) is 7.86. The van der Waals surface area contributed by atoms with E-state index in [0.717, 1.165) is 22.3 Å². The van der Waals surface area contributed by atoms with Gasteiger partial charge < -0.3 is 10.5 Å². The Morgan fingerprint density at radius 2 is 1.95 bits per heavy atom. The Morgan fingerprint density at radius 3 is 2.58 bits per heavy atom. The van der Waals surface area contributed by atoms with Crippen molar-refractivity contribution in [1.82, 2.24) is 10.2 Å². The molecule has 6 heteroatoms. The lowest BCUT2D eigenvalue weighted by molar-refractivity contribution is 0.318. The van der Waals surface area contributed by atoms with Gasteiger partial charge in [-0.1, -0.05) is 29.2 Å². The molecule has 2 N–H and O–H groups in total. The first kappa shape index (κ1) is 14.1. The molecule has 2 aromatic rings. The number of aromatic nitrogens is 2. The first-order valence-electron chi connectivity index (χ1n) is 6.06. The predicted octanol–water partition coefficient (Wildman–Crippen LogP) is 3.30. The maximum atomic E-state index is 5.74. The Morgan fingerprint density at radius 1 is 1.21 bits per heavy atom. The van der Waals surface area contributed by atoms with Crippen LogP contribution in [0.3, 0.4) is 0 Å². The van der Waals surface area contributed by atoms with Crippen molar-refractivity contribution < 1.29 is 4.74 Å². The largest absolute Gasteiger partial charge is 0.494 e. The number of thioether (sulfide) groups is 1. The summed E-state index contributed by atoms with van der Waals surface area (Å²) in [4.78, 5) is 0. The van der Waals surface area contributed by atoms with E-state index in [2.05, 4.69) is 42.2 Å². The van der Waals surface area contributed by atoms with Gasteiger partial charge in [0, 0.05) is 5.75 Å². The van der Waals surface area contributed by atoms with E-state index in [9.17, 15) is 0 Å². The van der Waals surface area contributed by atoms with Crippen LogP contribution in [-0.2, 0) is 0 Å². The number of nitrogens with zero attached hydrogens (tertiary/aromatic N) is 2. The molecule has 0 atom stereocenters. The zero-order chi connectivity index (χ0) is 13.7. The Balaban J connectivity index is 1.69. The van der Waals surface area contributed by atoms with Crippen molar-refractivity contribution >= 4 is 28.2 Å². The fourth-order valence-corrected chi connectivity index (χ4v) is 3.32. The fourth-order valence-electron chi connectivity index (χ4n) is 1.70. The summed E-state index contributed by atoms with van der Waals surface area (Å²) in [6.07, 6.45) is 0.969. The maximum Gasteiger partial charge on any atom is 0.203 e. The van der Waals surface area contributed by atoms with Crippen LogP contribution in [0.2, 0.25) is 0 Å². The topological polar surface area (TPSA) is 61.0 Å². The molecule has 102 valence electrons. The van der Waals surface area contributed by atoms with Crippen LogP contribution in [-0.4, -0.2) is 22.6 Å². The lowest BCUT2D eigenvalue weighted by Crippen LogP contribution is -1.99. The molecule has 0 fully saturated rings. The van der Waals surface area contributed by atoms with Crippen molar-refractivity contribution in [3.63, 3.8) is 0 Å². The number of nitrogen functional groups attached to an aromatic ring is 1. The summed E-state index contributed by atoms with van der Waals surface area (Å²) in [5, 5.41) is 8.26. The highest BCUT2D eigenvalue weighted by Crippen LogP contribution is 2.24. The SMILES string of the molecule is Cc1cc(C)cc(OCCCSc2nnc(N)s2)c1. The molecule has 19 heavy (non-hydrogen) atoms. The van der Waals surface area contributed by atoms with Crippen LogP contribution in [0, 0.1) is 13.8 Å². The number of rotatable bonds is 6. The highest BCUT2D eigenvalue weighted by atomic mass is 32.2. The summed E-state index contributed by atoms with van der Waals surface area (Å²) in [5.74, 6) is 1.90. The number of ether oxygens (including phenoxy) is 1. The van der Waals surface area contributed by atoms with Crippen LogP contribution < -0.4 is 10.5 Å². The zero-order valence-corrected chi connectivity index (χ0v) is 12.7. The molecule has 1 aromatic heterocycles. The van der Waals surface area contributed by atoms with Crippen molar-refractivity contribution in [2.75, 3.05) is 18.1 Å². The summed E-state index contributed by atoms with van der Waals surface area (Å²) in [7, 11) is 0. The molecular formula is C13H17N3OS2. The second-order valence-corrected chi connectivity index (χ2v) is 6.63. The minimum absolute atomic E-state index is 0.522. The predicted molar refractivity (Wildman–Crippen MR) is 81.1 cm³/mol. The van der Waals surface area contributed by atoms with Crippen LogP contribution in [0.25, 0.3) is 0 Å². The molecule has 2 rings (SSSR count). The molecule has 0 aliphatic heterocycles. The lowest BCUT2D eigenvalue weighted by Gasteiger charge is -2.07. The number of benzene rings is 1. The van der Waals surface area contributed by atoms with E-state index in [4.69, 9.17) is 10.5 Å². The molecule has 1 aromatic carbocycles. The van der Waals surface area contributed by atoms with Crippen LogP contribution in [0.15, 0.2) is 22.5 Å². The Labute approximate surface area is 121 Å². The molecule has 1 heterocycles. The van der Waals surface area contributed by atoms with Gasteiger partial charge in [0.25, 0.3) is 0 Å². The molecular weight excluding hydrogens is 278 g/mol. The third kappa shape index (κ3) is 4.72. The fraction of sp³-hybridized carbons (Fsp3) is 0.385. The molecule has 0 unspecified atom stereocenters. The molecule has 0 aliphatic carbocycles. The van der Waals surface area contributed by atoms with E-state index >= 15 is 0 Å². The molecule has 0 bridgehead atoms. The molecule has 0 spiro atoms. The van der Waals surface area contributed by atoms with Crippen molar-refractivity contribution in [3.8, 4) is 5.75 Å². The smallest absolute Gasteiger partial charge is 0.203 e. The highest BCUT2D eigenvalue weighted by Gasteiger charge is 2.02. The minimum atomic E-state index is 0.522. The number of nitrogens with two attached hydrogens (primary N) is 1. The second kappa shape index (κ2) is 6.77. The van der Waals surface area contributed by atoms with Gasteiger partial charge in [-0.3, -0.25) is 0 Å². The monoisotopic (exact) mass is 295 g/mol. The Kier molecular flexibility index (Phi) is 5.04. The van der Waals surface area contributed by atoms with Gasteiger partial charge in [-0.05, 0) is 43.5 Å². The van der Waals surface area contributed by atoms with Crippen LogP contribution in [0.1, 0.15) is 17.5 Å². The van der Waals surface area contributed by atoms with E-state index in [1.54, 1.807) is 11.8 Å². The van der Waals surface area contributed by atoms with Gasteiger partial charge in [-0.15, -0.1) is 10.2 Å². The summed E-state index contributed by atoms with van der Waals surface area (Å²) < 4.78 is 6.66. The number of hydrogen-bond acceptors (Lipinski definition) is 6. The van der Waals surface area contributed by atoms with Gasteiger partial charge in [0.05, 0.1) is 6.61 Å². The molecule has 0 radical (unpaired) electrons. The zero-order valence-electron chi connectivity index (χ0n) is 11.0. The van der Waals surface area contributed by atoms with Crippen molar-refractivity contribution in [1.29, 1.82) is 0 Å². The number of anilines is 1. The van der Waals surface area contributed by atoms with E-state index in [1.165, 1.54) is 22.5 Å². The number of aryl methyl sites for hydroxylation is 2. The quantitative estimate of drug-likeness (QED) is 0.654. The molecule has 0 saturated heterocycles. The van der Waals surface area contributed by atoms with Crippen LogP contribution >= 0.6 is 23.1 Å². The number of hydrogen-bond donors (Lipinski definition) is 1. The summed E-state index contributed by atoms with van der Waals surface area (Å²) in [6.45, 7) is 4.87. The molecule has 0 aliphatic rings. The van der Waals surface area contributed by atoms with E-state index in [-0.39, 0.29) is 0 Å². The van der Waals surface area contributed by atoms with E-state index in [0.29, 0.717) is 11.7 Å². The Bertz CT molecular complexity index is 522. The van der Waals surface area contributed by atoms with Crippen molar-refractivity contribution in [2.45, 2.75) is 24.6 Å². The van der Waals surface area contributed by atoms with Crippen molar-refractivity contribution in [2.24, 2.45) is 0 Å². The lowest BCUT2D eigenvalue weighted by atomic mass is 10.1. The van der Waals surface area contributed by atoms with Crippen molar-refractivity contribution in [3.05, 3.63) is 29.3 Å². The Hall–Kier alpha value is -1.27. The molecule has 4 nitrogen and oxygen atoms in total. The van der Waals surface area contributed by atoms with Gasteiger partial charge in [-0.2, -0.15) is 0 Å². The van der Waals surface area contributed by atoms with Gasteiger partial charge in [0.15, 0.2) is 4.34 Å². The maximum absolute atomic E-state index is 5.74. The van der Waals surface area contributed by atoms with Gasteiger partial charge in [-0.25, -0.2) is 0 Å². The third-order valence-electron chi connectivity index (χ3n) is 2.40. The van der Waals surface area contributed by atoms with E-state index < -0.39 is 0 Å². The molecule has 0 saturated carbocycles. The standard InChI is InChI=1S/C13H17N3OS2/c1-9-6-10(2)8-11(7-9)17-4-3-5-18-13-16-15-12(14)19-13/h6-8H,3-5H2,1-2H3,(H2,14,15). The third-order valence-corrected chi connectivity index (χ3v) is 4.37. The normalized spacial score (nSPS) is 10.6. The highest BCUT2D eigenvalue weighted by molar-refractivity contribution is 8.01. The van der Waals surface area contributed by atoms with Crippen LogP contribution in [0.5, 0.6) is 5.75 Å². The summed E-state index contributed by atoms with van der Waals surface area (Å²) in [6, 6.07) is 6.26. The summed E-state index contributed by atoms with van der Waals surface area (Å²) >= 11 is 3.09. The first-order chi connectivity index (χ1) is 9.13. The summed E-state index contributed by atoms with van der Waals surface area (Å²) in [5.41, 5.74) is 7.98. The van der Waals surface area contributed by atoms with Gasteiger partial charge in [0.1, 0.15) is 5.75 Å². The molecule has 0 amide bonds. The second-order valence-electron chi connectivity index (χ2n) is 4.28. The van der Waals surface area contributed by atoms with Crippen LogP contribution in [0.4, 0.5) is 5.13 Å².